The maximum Gasteiger partial charge on any atom is 0.0991 e. The van der Waals surface area contributed by atoms with Crippen LogP contribution in [0.2, 0.25) is 0 Å². The van der Waals surface area contributed by atoms with E-state index in [0.717, 1.165) is 18.7 Å². The standard InChI is InChI=1S/C15H19N3/c16-11-13-1-3-14(4-2-13)18-9-6-15(7-10-18)5-8-17-12-15/h1-4,17H,5-10,12H2. The van der Waals surface area contributed by atoms with E-state index in [4.69, 9.17) is 5.26 Å². The molecule has 2 heterocycles. The van der Waals surface area contributed by atoms with Crippen LogP contribution < -0.4 is 10.2 Å². The third-order valence-electron chi connectivity index (χ3n) is 4.52. The van der Waals surface area contributed by atoms with Gasteiger partial charge in [-0.3, -0.25) is 0 Å². The van der Waals surface area contributed by atoms with Gasteiger partial charge in [-0.2, -0.15) is 5.26 Å². The van der Waals surface area contributed by atoms with Crippen molar-refractivity contribution in [2.45, 2.75) is 19.3 Å². The zero-order valence-corrected chi connectivity index (χ0v) is 10.7. The SMILES string of the molecule is N#Cc1ccc(N2CCC3(CCNC3)CC2)cc1. The molecule has 3 rings (SSSR count). The van der Waals surface area contributed by atoms with E-state index in [0.29, 0.717) is 5.41 Å². The minimum atomic E-state index is 0.573. The number of nitrogens with zero attached hydrogens (tertiary/aromatic N) is 2. The van der Waals surface area contributed by atoms with Crippen molar-refractivity contribution in [2.24, 2.45) is 5.41 Å². The monoisotopic (exact) mass is 241 g/mol. The minimum Gasteiger partial charge on any atom is -0.371 e. The van der Waals surface area contributed by atoms with Crippen LogP contribution in [0.3, 0.4) is 0 Å². The molecule has 2 saturated heterocycles. The van der Waals surface area contributed by atoms with Gasteiger partial charge in [0.2, 0.25) is 0 Å². The van der Waals surface area contributed by atoms with Crippen molar-refractivity contribution in [1.29, 1.82) is 5.26 Å². The number of benzene rings is 1. The molecule has 0 atom stereocenters. The largest absolute Gasteiger partial charge is 0.371 e. The van der Waals surface area contributed by atoms with Gasteiger partial charge in [0.25, 0.3) is 0 Å². The van der Waals surface area contributed by atoms with Crippen LogP contribution in [-0.2, 0) is 0 Å². The molecule has 1 spiro atoms. The molecule has 3 heteroatoms. The van der Waals surface area contributed by atoms with E-state index in [1.165, 1.54) is 38.0 Å². The average molecular weight is 241 g/mol. The highest BCUT2D eigenvalue weighted by Gasteiger charge is 2.36. The van der Waals surface area contributed by atoms with Crippen molar-refractivity contribution in [2.75, 3.05) is 31.1 Å². The Bertz CT molecular complexity index is 442. The Morgan fingerprint density at radius 3 is 2.39 bits per heavy atom. The van der Waals surface area contributed by atoms with Gasteiger partial charge in [0.1, 0.15) is 0 Å². The van der Waals surface area contributed by atoms with Crippen molar-refractivity contribution in [1.82, 2.24) is 5.32 Å². The molecule has 3 nitrogen and oxygen atoms in total. The Balaban J connectivity index is 1.66. The van der Waals surface area contributed by atoms with E-state index in [1.807, 2.05) is 12.1 Å². The third kappa shape index (κ3) is 2.09. The van der Waals surface area contributed by atoms with Gasteiger partial charge >= 0.3 is 0 Å². The maximum atomic E-state index is 8.81. The van der Waals surface area contributed by atoms with Crippen LogP contribution >= 0.6 is 0 Å². The molecule has 0 saturated carbocycles. The smallest absolute Gasteiger partial charge is 0.0991 e. The Morgan fingerprint density at radius 1 is 1.11 bits per heavy atom. The van der Waals surface area contributed by atoms with Crippen LogP contribution in [0.25, 0.3) is 0 Å². The van der Waals surface area contributed by atoms with E-state index in [1.54, 1.807) is 0 Å². The molecule has 18 heavy (non-hydrogen) atoms. The first-order chi connectivity index (χ1) is 8.81. The summed E-state index contributed by atoms with van der Waals surface area (Å²) in [5, 5.41) is 12.3. The highest BCUT2D eigenvalue weighted by molar-refractivity contribution is 5.50. The molecule has 0 radical (unpaired) electrons. The van der Waals surface area contributed by atoms with Crippen LogP contribution in [0.1, 0.15) is 24.8 Å². The van der Waals surface area contributed by atoms with E-state index < -0.39 is 0 Å². The normalized spacial score (nSPS) is 22.1. The summed E-state index contributed by atoms with van der Waals surface area (Å²) in [4.78, 5) is 2.45. The van der Waals surface area contributed by atoms with Crippen molar-refractivity contribution < 1.29 is 0 Å². The van der Waals surface area contributed by atoms with Gasteiger partial charge in [0, 0.05) is 25.3 Å². The van der Waals surface area contributed by atoms with Gasteiger partial charge in [-0.25, -0.2) is 0 Å². The lowest BCUT2D eigenvalue weighted by Gasteiger charge is -2.40. The lowest BCUT2D eigenvalue weighted by atomic mass is 9.78. The topological polar surface area (TPSA) is 39.1 Å². The second-order valence-corrected chi connectivity index (χ2v) is 5.57. The van der Waals surface area contributed by atoms with Gasteiger partial charge < -0.3 is 10.2 Å². The molecule has 2 aliphatic heterocycles. The Morgan fingerprint density at radius 2 is 1.83 bits per heavy atom. The predicted octanol–water partition coefficient (Wildman–Crippen LogP) is 2.14. The summed E-state index contributed by atoms with van der Waals surface area (Å²) in [5.41, 5.74) is 2.57. The highest BCUT2D eigenvalue weighted by Crippen LogP contribution is 2.38. The fourth-order valence-corrected chi connectivity index (χ4v) is 3.21. The number of nitriles is 1. The number of nitrogens with one attached hydrogen (secondary N) is 1. The molecule has 0 aromatic heterocycles. The molecule has 1 aromatic carbocycles. The Labute approximate surface area is 108 Å². The van der Waals surface area contributed by atoms with Crippen LogP contribution in [0, 0.1) is 16.7 Å². The van der Waals surface area contributed by atoms with Crippen LogP contribution in [-0.4, -0.2) is 26.2 Å². The minimum absolute atomic E-state index is 0.573. The highest BCUT2D eigenvalue weighted by atomic mass is 15.1. The van der Waals surface area contributed by atoms with E-state index in [9.17, 15) is 0 Å². The molecule has 1 aromatic rings. The third-order valence-corrected chi connectivity index (χ3v) is 4.52. The van der Waals surface area contributed by atoms with Gasteiger partial charge in [-0.15, -0.1) is 0 Å². The second kappa shape index (κ2) is 4.62. The quantitative estimate of drug-likeness (QED) is 0.818. The van der Waals surface area contributed by atoms with Gasteiger partial charge in [0.05, 0.1) is 11.6 Å². The summed E-state index contributed by atoms with van der Waals surface area (Å²) in [6.07, 6.45) is 3.92. The maximum absolute atomic E-state index is 8.81. The zero-order valence-electron chi connectivity index (χ0n) is 10.7. The molecule has 2 aliphatic rings. The van der Waals surface area contributed by atoms with E-state index >= 15 is 0 Å². The molecule has 0 bridgehead atoms. The fourth-order valence-electron chi connectivity index (χ4n) is 3.21. The molecular weight excluding hydrogens is 222 g/mol. The van der Waals surface area contributed by atoms with Gasteiger partial charge in [0.15, 0.2) is 0 Å². The van der Waals surface area contributed by atoms with E-state index in [-0.39, 0.29) is 0 Å². The zero-order chi connectivity index (χ0) is 12.4. The van der Waals surface area contributed by atoms with Crippen LogP contribution in [0.4, 0.5) is 5.69 Å². The van der Waals surface area contributed by atoms with Crippen molar-refractivity contribution in [3.8, 4) is 6.07 Å². The van der Waals surface area contributed by atoms with Gasteiger partial charge in [-0.05, 0) is 55.5 Å². The first-order valence-electron chi connectivity index (χ1n) is 6.77. The van der Waals surface area contributed by atoms with Crippen LogP contribution in [0.15, 0.2) is 24.3 Å². The molecule has 2 fully saturated rings. The van der Waals surface area contributed by atoms with Crippen LogP contribution in [0.5, 0.6) is 0 Å². The number of anilines is 1. The summed E-state index contributed by atoms with van der Waals surface area (Å²) in [6, 6.07) is 10.1. The summed E-state index contributed by atoms with van der Waals surface area (Å²) < 4.78 is 0. The summed E-state index contributed by atoms with van der Waals surface area (Å²) in [5.74, 6) is 0. The fraction of sp³-hybridized carbons (Fsp3) is 0.533. The van der Waals surface area contributed by atoms with Crippen molar-refractivity contribution >= 4 is 5.69 Å². The number of rotatable bonds is 1. The lowest BCUT2D eigenvalue weighted by molar-refractivity contribution is 0.247. The Hall–Kier alpha value is -1.53. The first kappa shape index (κ1) is 11.6. The van der Waals surface area contributed by atoms with Crippen molar-refractivity contribution in [3.05, 3.63) is 29.8 Å². The molecule has 0 aliphatic carbocycles. The predicted molar refractivity (Wildman–Crippen MR) is 72.5 cm³/mol. The number of piperidine rings is 1. The number of hydrogen-bond donors (Lipinski definition) is 1. The molecule has 1 N–H and O–H groups in total. The second-order valence-electron chi connectivity index (χ2n) is 5.57. The summed E-state index contributed by atoms with van der Waals surface area (Å²) in [6.45, 7) is 4.69. The first-order valence-corrected chi connectivity index (χ1v) is 6.77. The lowest BCUT2D eigenvalue weighted by Crippen LogP contribution is -2.41. The molecule has 0 unspecified atom stereocenters. The molecule has 0 amide bonds. The summed E-state index contributed by atoms with van der Waals surface area (Å²) in [7, 11) is 0. The summed E-state index contributed by atoms with van der Waals surface area (Å²) >= 11 is 0. The number of hydrogen-bond acceptors (Lipinski definition) is 3. The average Bonchev–Trinajstić information content (AvgIpc) is 2.88. The Kier molecular flexibility index (Phi) is 2.97. The van der Waals surface area contributed by atoms with Gasteiger partial charge in [-0.1, -0.05) is 0 Å². The molecular formula is C15H19N3. The van der Waals surface area contributed by atoms with Crippen molar-refractivity contribution in [3.63, 3.8) is 0 Å². The molecule has 94 valence electrons. The van der Waals surface area contributed by atoms with E-state index in [2.05, 4.69) is 28.4 Å².